The first-order valence-electron chi connectivity index (χ1n) is 7.73. The van der Waals surface area contributed by atoms with Crippen molar-refractivity contribution in [2.24, 2.45) is 5.92 Å². The molecule has 2 unspecified atom stereocenters. The molecule has 1 saturated carbocycles. The molecule has 2 atom stereocenters. The fourth-order valence-electron chi connectivity index (χ4n) is 3.44. The third-order valence-corrected chi connectivity index (χ3v) is 5.39. The molecule has 19 heavy (non-hydrogen) atoms. The Hall–Kier alpha value is -0.410. The molecule has 0 radical (unpaired) electrons. The van der Waals surface area contributed by atoms with E-state index in [-0.39, 0.29) is 5.54 Å². The van der Waals surface area contributed by atoms with Crippen LogP contribution >= 0.6 is 11.3 Å². The minimum absolute atomic E-state index is 0.140. The van der Waals surface area contributed by atoms with Gasteiger partial charge in [-0.1, -0.05) is 33.6 Å². The standard InChI is InChI=1S/C16H28N2S/c1-6-13-8-7-9-16(13,18-12(4)5)15-17-14(10-19-15)11(2)3/h10-13,18H,6-9H2,1-5H3. The molecule has 0 aromatic carbocycles. The van der Waals surface area contributed by atoms with Crippen LogP contribution in [0.2, 0.25) is 0 Å². The van der Waals surface area contributed by atoms with Crippen LogP contribution in [0.25, 0.3) is 0 Å². The van der Waals surface area contributed by atoms with E-state index in [1.807, 2.05) is 11.3 Å². The molecule has 0 saturated heterocycles. The number of nitrogens with zero attached hydrogens (tertiary/aromatic N) is 1. The summed E-state index contributed by atoms with van der Waals surface area (Å²) in [6, 6.07) is 0.513. The Bertz CT molecular complexity index is 411. The summed E-state index contributed by atoms with van der Waals surface area (Å²) in [4.78, 5) is 4.97. The van der Waals surface area contributed by atoms with Gasteiger partial charge in [-0.05, 0) is 38.5 Å². The molecule has 0 aliphatic heterocycles. The van der Waals surface area contributed by atoms with Gasteiger partial charge in [0.25, 0.3) is 0 Å². The average molecular weight is 280 g/mol. The minimum Gasteiger partial charge on any atom is -0.303 e. The molecule has 2 nitrogen and oxygen atoms in total. The second-order valence-corrected chi connectivity index (χ2v) is 7.36. The van der Waals surface area contributed by atoms with Crippen LogP contribution in [0.1, 0.15) is 76.9 Å². The molecule has 1 heterocycles. The van der Waals surface area contributed by atoms with Crippen molar-refractivity contribution < 1.29 is 0 Å². The molecule has 2 rings (SSSR count). The molecule has 1 aromatic heterocycles. The Morgan fingerprint density at radius 2 is 2.16 bits per heavy atom. The summed E-state index contributed by atoms with van der Waals surface area (Å²) in [6.45, 7) is 11.3. The van der Waals surface area contributed by atoms with E-state index in [9.17, 15) is 0 Å². The number of aromatic nitrogens is 1. The quantitative estimate of drug-likeness (QED) is 0.848. The molecule has 108 valence electrons. The van der Waals surface area contributed by atoms with Gasteiger partial charge < -0.3 is 5.32 Å². The summed E-state index contributed by atoms with van der Waals surface area (Å²) >= 11 is 1.86. The van der Waals surface area contributed by atoms with E-state index in [0.717, 1.165) is 5.92 Å². The molecule has 1 N–H and O–H groups in total. The lowest BCUT2D eigenvalue weighted by Crippen LogP contribution is -2.48. The molecule has 1 aliphatic carbocycles. The number of rotatable bonds is 5. The molecule has 3 heteroatoms. The number of hydrogen-bond donors (Lipinski definition) is 1. The van der Waals surface area contributed by atoms with Crippen LogP contribution in [-0.2, 0) is 5.54 Å². The van der Waals surface area contributed by atoms with E-state index in [0.29, 0.717) is 12.0 Å². The van der Waals surface area contributed by atoms with Crippen LogP contribution in [0.5, 0.6) is 0 Å². The molecular weight excluding hydrogens is 252 g/mol. The summed E-state index contributed by atoms with van der Waals surface area (Å²) in [5, 5.41) is 7.46. The molecule has 0 amide bonds. The summed E-state index contributed by atoms with van der Waals surface area (Å²) in [7, 11) is 0. The Balaban J connectivity index is 2.36. The number of hydrogen-bond acceptors (Lipinski definition) is 3. The normalized spacial score (nSPS) is 27.6. The van der Waals surface area contributed by atoms with E-state index in [1.165, 1.54) is 36.4 Å². The SMILES string of the molecule is CCC1CCCC1(NC(C)C)c1nc(C(C)C)cs1. The first-order valence-corrected chi connectivity index (χ1v) is 8.61. The zero-order chi connectivity index (χ0) is 14.0. The second kappa shape index (κ2) is 5.92. The maximum absolute atomic E-state index is 4.97. The van der Waals surface area contributed by atoms with Gasteiger partial charge in [-0.25, -0.2) is 4.98 Å². The molecular formula is C16H28N2S. The predicted octanol–water partition coefficient (Wildman–Crippen LogP) is 4.67. The summed E-state index contributed by atoms with van der Waals surface area (Å²) in [5.74, 6) is 1.27. The van der Waals surface area contributed by atoms with Gasteiger partial charge in [-0.15, -0.1) is 11.3 Å². The van der Waals surface area contributed by atoms with Crippen molar-refractivity contribution in [1.29, 1.82) is 0 Å². The monoisotopic (exact) mass is 280 g/mol. The Morgan fingerprint density at radius 3 is 2.68 bits per heavy atom. The highest BCUT2D eigenvalue weighted by Crippen LogP contribution is 2.46. The van der Waals surface area contributed by atoms with Crippen LogP contribution in [0.4, 0.5) is 0 Å². The van der Waals surface area contributed by atoms with Gasteiger partial charge in [0.15, 0.2) is 0 Å². The highest BCUT2D eigenvalue weighted by molar-refractivity contribution is 7.09. The van der Waals surface area contributed by atoms with E-state index in [1.54, 1.807) is 0 Å². The molecule has 1 fully saturated rings. The molecule has 1 aliphatic rings. The topological polar surface area (TPSA) is 24.9 Å². The van der Waals surface area contributed by atoms with Crippen LogP contribution in [0.15, 0.2) is 5.38 Å². The largest absolute Gasteiger partial charge is 0.303 e. The van der Waals surface area contributed by atoms with E-state index < -0.39 is 0 Å². The van der Waals surface area contributed by atoms with Gasteiger partial charge in [0.1, 0.15) is 5.01 Å². The van der Waals surface area contributed by atoms with Crippen LogP contribution in [0.3, 0.4) is 0 Å². The van der Waals surface area contributed by atoms with E-state index in [4.69, 9.17) is 4.98 Å². The van der Waals surface area contributed by atoms with Gasteiger partial charge in [-0.2, -0.15) is 0 Å². The van der Waals surface area contributed by atoms with Gasteiger partial charge in [0, 0.05) is 11.4 Å². The van der Waals surface area contributed by atoms with Crippen LogP contribution in [-0.4, -0.2) is 11.0 Å². The van der Waals surface area contributed by atoms with Crippen molar-refractivity contribution >= 4 is 11.3 Å². The van der Waals surface area contributed by atoms with Crippen LogP contribution < -0.4 is 5.32 Å². The van der Waals surface area contributed by atoms with Crippen molar-refractivity contribution in [3.8, 4) is 0 Å². The van der Waals surface area contributed by atoms with Gasteiger partial charge in [0.05, 0.1) is 11.2 Å². The fraction of sp³-hybridized carbons (Fsp3) is 0.812. The first-order chi connectivity index (χ1) is 8.99. The first kappa shape index (κ1) is 15.0. The highest BCUT2D eigenvalue weighted by atomic mass is 32.1. The Kier molecular flexibility index (Phi) is 4.67. The minimum atomic E-state index is 0.140. The fourth-order valence-corrected chi connectivity index (χ4v) is 4.69. The lowest BCUT2D eigenvalue weighted by atomic mass is 9.85. The van der Waals surface area contributed by atoms with Gasteiger partial charge in [-0.3, -0.25) is 0 Å². The summed E-state index contributed by atoms with van der Waals surface area (Å²) < 4.78 is 0. The summed E-state index contributed by atoms with van der Waals surface area (Å²) in [5.41, 5.74) is 1.40. The lowest BCUT2D eigenvalue weighted by Gasteiger charge is -2.36. The summed E-state index contributed by atoms with van der Waals surface area (Å²) in [6.07, 6.45) is 5.16. The Morgan fingerprint density at radius 1 is 1.42 bits per heavy atom. The number of thiazole rings is 1. The highest BCUT2D eigenvalue weighted by Gasteiger charge is 2.45. The van der Waals surface area contributed by atoms with Crippen molar-refractivity contribution in [1.82, 2.24) is 10.3 Å². The van der Waals surface area contributed by atoms with Crippen molar-refractivity contribution in [2.45, 2.75) is 77.8 Å². The zero-order valence-corrected chi connectivity index (χ0v) is 13.8. The van der Waals surface area contributed by atoms with E-state index >= 15 is 0 Å². The van der Waals surface area contributed by atoms with Gasteiger partial charge in [0.2, 0.25) is 0 Å². The Labute approximate surface area is 122 Å². The van der Waals surface area contributed by atoms with Crippen molar-refractivity contribution in [3.05, 3.63) is 16.1 Å². The number of nitrogens with one attached hydrogen (secondary N) is 1. The van der Waals surface area contributed by atoms with E-state index in [2.05, 4.69) is 45.3 Å². The third-order valence-electron chi connectivity index (χ3n) is 4.35. The van der Waals surface area contributed by atoms with Crippen molar-refractivity contribution in [2.75, 3.05) is 0 Å². The average Bonchev–Trinajstić information content (AvgIpc) is 2.94. The lowest BCUT2D eigenvalue weighted by molar-refractivity contribution is 0.221. The third kappa shape index (κ3) is 2.87. The zero-order valence-electron chi connectivity index (χ0n) is 13.0. The van der Waals surface area contributed by atoms with Gasteiger partial charge >= 0.3 is 0 Å². The maximum atomic E-state index is 4.97. The second-order valence-electron chi connectivity index (χ2n) is 6.50. The molecule has 0 spiro atoms. The smallest absolute Gasteiger partial charge is 0.113 e. The molecule has 0 bridgehead atoms. The predicted molar refractivity (Wildman–Crippen MR) is 83.8 cm³/mol. The van der Waals surface area contributed by atoms with Crippen molar-refractivity contribution in [3.63, 3.8) is 0 Å². The maximum Gasteiger partial charge on any atom is 0.113 e. The van der Waals surface area contributed by atoms with Crippen LogP contribution in [0, 0.1) is 5.92 Å². The molecule has 1 aromatic rings.